The minimum atomic E-state index is -0.603. The average molecular weight is 650 g/mol. The molecule has 12 heteroatoms. The number of hydrogen-bond donors (Lipinski definition) is 2. The van der Waals surface area contributed by atoms with E-state index in [1.807, 2.05) is 22.6 Å². The molecule has 0 unspecified atom stereocenters. The maximum Gasteiger partial charge on any atom is 0.336 e. The number of alkyl halides is 1. The molecule has 0 saturated heterocycles. The Hall–Kier alpha value is -3.45. The van der Waals surface area contributed by atoms with Gasteiger partial charge in [0.25, 0.3) is 11.1 Å². The fourth-order valence-electron chi connectivity index (χ4n) is 4.49. The number of aryl methyl sites for hydroxylation is 1. The second-order valence-corrected chi connectivity index (χ2v) is 10.6. The topological polar surface area (TPSA) is 107 Å². The highest BCUT2D eigenvalue weighted by Gasteiger charge is 2.31. The second-order valence-electron chi connectivity index (χ2n) is 9.07. The molecule has 1 aliphatic rings. The molecule has 38 heavy (non-hydrogen) atoms. The monoisotopic (exact) mass is 649 g/mol. The first-order chi connectivity index (χ1) is 18.1. The van der Waals surface area contributed by atoms with Gasteiger partial charge in [0.1, 0.15) is 22.9 Å². The molecule has 2 aromatic carbocycles. The highest BCUT2D eigenvalue weighted by molar-refractivity contribution is 14.1. The first-order valence-corrected chi connectivity index (χ1v) is 13.3. The van der Waals surface area contributed by atoms with Crippen molar-refractivity contribution >= 4 is 68.2 Å². The number of hydrogen-bond acceptors (Lipinski definition) is 5. The number of amides is 1. The van der Waals surface area contributed by atoms with Crippen molar-refractivity contribution in [3.63, 3.8) is 0 Å². The summed E-state index contributed by atoms with van der Waals surface area (Å²) in [6, 6.07) is 10.7. The fraction of sp³-hybridized carbons (Fsp3) is 0.231. The molecule has 0 radical (unpaired) electrons. The Balaban J connectivity index is 1.88. The number of carbonyl (C=O) groups excluding carboxylic acids is 1. The predicted molar refractivity (Wildman–Crippen MR) is 154 cm³/mol. The number of nitrogens with one attached hydrogen (secondary N) is 2. The standard InChI is InChI=1S/C26H22ClFIN5O4/c1-13-22-21(23(32(2)24(13)36)31-19-9-6-14(29)10-18(19)28)25(37)34(16-7-8-16)26(38)33(22)17-5-3-4-15(11-17)30-20(35)12-27/h3-6,9-11,16,31H,7-8,12H2,1-2H3,(H,30,35). The Labute approximate surface area is 234 Å². The molecule has 2 aromatic heterocycles. The number of aromatic nitrogens is 3. The van der Waals surface area contributed by atoms with Crippen LogP contribution in [0.2, 0.25) is 0 Å². The zero-order valence-electron chi connectivity index (χ0n) is 20.3. The molecule has 1 aliphatic carbocycles. The number of halogens is 3. The van der Waals surface area contributed by atoms with Crippen LogP contribution in [0.15, 0.2) is 56.8 Å². The van der Waals surface area contributed by atoms with Crippen LogP contribution in [0.5, 0.6) is 0 Å². The molecule has 0 bridgehead atoms. The third kappa shape index (κ3) is 4.53. The van der Waals surface area contributed by atoms with E-state index in [0.29, 0.717) is 27.8 Å². The zero-order chi connectivity index (χ0) is 27.3. The van der Waals surface area contributed by atoms with Gasteiger partial charge in [-0.15, -0.1) is 11.6 Å². The minimum absolute atomic E-state index is 0.0652. The SMILES string of the molecule is Cc1c(=O)n(C)c(Nc2ccc(I)cc2F)c2c(=O)n(C3CC3)c(=O)n(-c3cccc(NC(=O)CCl)c3)c12. The smallest absolute Gasteiger partial charge is 0.336 e. The van der Waals surface area contributed by atoms with Crippen molar-refractivity contribution in [2.75, 3.05) is 16.5 Å². The van der Waals surface area contributed by atoms with Gasteiger partial charge in [-0.2, -0.15) is 0 Å². The van der Waals surface area contributed by atoms with E-state index in [2.05, 4.69) is 10.6 Å². The van der Waals surface area contributed by atoms with Crippen molar-refractivity contribution in [1.82, 2.24) is 13.7 Å². The van der Waals surface area contributed by atoms with E-state index in [1.54, 1.807) is 30.3 Å². The van der Waals surface area contributed by atoms with Crippen molar-refractivity contribution in [2.24, 2.45) is 7.05 Å². The molecule has 1 fully saturated rings. The molecule has 1 saturated carbocycles. The summed E-state index contributed by atoms with van der Waals surface area (Å²) >= 11 is 7.61. The van der Waals surface area contributed by atoms with E-state index in [4.69, 9.17) is 11.6 Å². The van der Waals surface area contributed by atoms with Crippen molar-refractivity contribution in [3.8, 4) is 5.69 Å². The average Bonchev–Trinajstić information content (AvgIpc) is 3.72. The van der Waals surface area contributed by atoms with E-state index in [-0.39, 0.29) is 39.9 Å². The van der Waals surface area contributed by atoms with Crippen molar-refractivity contribution < 1.29 is 9.18 Å². The zero-order valence-corrected chi connectivity index (χ0v) is 23.3. The van der Waals surface area contributed by atoms with Gasteiger partial charge in [-0.1, -0.05) is 6.07 Å². The summed E-state index contributed by atoms with van der Waals surface area (Å²) in [5.74, 6) is -1.17. The van der Waals surface area contributed by atoms with E-state index >= 15 is 0 Å². The molecular formula is C26H22ClFIN5O4. The molecule has 1 amide bonds. The lowest BCUT2D eigenvalue weighted by Gasteiger charge is -2.21. The van der Waals surface area contributed by atoms with Crippen LogP contribution in [-0.2, 0) is 11.8 Å². The maximum absolute atomic E-state index is 14.8. The van der Waals surface area contributed by atoms with E-state index in [0.717, 1.165) is 0 Å². The number of carbonyl (C=O) groups is 1. The molecule has 2 heterocycles. The lowest BCUT2D eigenvalue weighted by atomic mass is 10.1. The van der Waals surface area contributed by atoms with E-state index in [1.165, 1.54) is 39.8 Å². The van der Waals surface area contributed by atoms with Gasteiger partial charge in [-0.05, 0) is 78.8 Å². The number of benzene rings is 2. The molecule has 0 aliphatic heterocycles. The van der Waals surface area contributed by atoms with Gasteiger partial charge >= 0.3 is 5.69 Å². The van der Waals surface area contributed by atoms with E-state index < -0.39 is 28.5 Å². The highest BCUT2D eigenvalue weighted by atomic mass is 127. The molecule has 2 N–H and O–H groups in total. The van der Waals surface area contributed by atoms with Gasteiger partial charge in [0.15, 0.2) is 0 Å². The van der Waals surface area contributed by atoms with Crippen LogP contribution in [0.4, 0.5) is 21.6 Å². The minimum Gasteiger partial charge on any atom is -0.338 e. The Morgan fingerprint density at radius 1 is 1.13 bits per heavy atom. The van der Waals surface area contributed by atoms with Crippen LogP contribution >= 0.6 is 34.2 Å². The lowest BCUT2D eigenvalue weighted by molar-refractivity contribution is -0.113. The summed E-state index contributed by atoms with van der Waals surface area (Å²) in [5.41, 5.74) is -0.558. The van der Waals surface area contributed by atoms with Crippen molar-refractivity contribution in [1.29, 1.82) is 0 Å². The number of anilines is 3. The van der Waals surface area contributed by atoms with Gasteiger partial charge in [-0.3, -0.25) is 28.1 Å². The summed E-state index contributed by atoms with van der Waals surface area (Å²) in [7, 11) is 1.49. The highest BCUT2D eigenvalue weighted by Crippen LogP contribution is 2.34. The Kier molecular flexibility index (Phi) is 6.90. The first kappa shape index (κ1) is 26.2. The summed E-state index contributed by atoms with van der Waals surface area (Å²) in [5, 5.41) is 5.65. The summed E-state index contributed by atoms with van der Waals surface area (Å²) < 4.78 is 19.2. The maximum atomic E-state index is 14.8. The molecule has 0 spiro atoms. The summed E-state index contributed by atoms with van der Waals surface area (Å²) in [6.07, 6.45) is 1.32. The number of fused-ring (bicyclic) bond motifs is 1. The van der Waals surface area contributed by atoms with Gasteiger partial charge in [0.2, 0.25) is 5.91 Å². The third-order valence-corrected chi connectivity index (χ3v) is 7.36. The van der Waals surface area contributed by atoms with Crippen LogP contribution in [0.25, 0.3) is 16.6 Å². The van der Waals surface area contributed by atoms with Crippen molar-refractivity contribution in [2.45, 2.75) is 25.8 Å². The number of pyridine rings is 1. The van der Waals surface area contributed by atoms with Gasteiger partial charge in [0.05, 0.1) is 16.9 Å². The van der Waals surface area contributed by atoms with Crippen LogP contribution in [0.3, 0.4) is 0 Å². The van der Waals surface area contributed by atoms with Gasteiger partial charge in [-0.25, -0.2) is 9.18 Å². The third-order valence-electron chi connectivity index (χ3n) is 6.45. The molecule has 4 aromatic rings. The fourth-order valence-corrected chi connectivity index (χ4v) is 5.01. The Morgan fingerprint density at radius 2 is 1.87 bits per heavy atom. The van der Waals surface area contributed by atoms with Crippen LogP contribution in [0.1, 0.15) is 24.4 Å². The first-order valence-electron chi connectivity index (χ1n) is 11.7. The molecule has 9 nitrogen and oxygen atoms in total. The Morgan fingerprint density at radius 3 is 2.53 bits per heavy atom. The largest absolute Gasteiger partial charge is 0.338 e. The van der Waals surface area contributed by atoms with Gasteiger partial charge < -0.3 is 10.6 Å². The van der Waals surface area contributed by atoms with Crippen molar-refractivity contribution in [3.05, 3.63) is 88.6 Å². The summed E-state index contributed by atoms with van der Waals surface area (Å²) in [6.45, 7) is 1.54. The van der Waals surface area contributed by atoms with Gasteiger partial charge in [0, 0.05) is 27.9 Å². The molecule has 196 valence electrons. The lowest BCUT2D eigenvalue weighted by Crippen LogP contribution is -2.41. The van der Waals surface area contributed by atoms with Crippen LogP contribution in [-0.4, -0.2) is 25.5 Å². The molecule has 0 atom stereocenters. The normalized spacial score (nSPS) is 13.1. The summed E-state index contributed by atoms with van der Waals surface area (Å²) in [4.78, 5) is 52.9. The van der Waals surface area contributed by atoms with Crippen LogP contribution < -0.4 is 27.4 Å². The molecular weight excluding hydrogens is 628 g/mol. The number of rotatable bonds is 6. The predicted octanol–water partition coefficient (Wildman–Crippen LogP) is 4.16. The molecule has 5 rings (SSSR count). The second kappa shape index (κ2) is 10.0. The number of nitrogens with zero attached hydrogens (tertiary/aromatic N) is 3. The quantitative estimate of drug-likeness (QED) is 0.241. The Bertz CT molecular complexity index is 1810. The van der Waals surface area contributed by atoms with E-state index in [9.17, 15) is 23.6 Å². The van der Waals surface area contributed by atoms with Crippen LogP contribution in [0, 0.1) is 16.3 Å².